The summed E-state index contributed by atoms with van der Waals surface area (Å²) in [4.78, 5) is 0. The van der Waals surface area contributed by atoms with Crippen molar-refractivity contribution in [2.45, 2.75) is 19.1 Å². The lowest BCUT2D eigenvalue weighted by Crippen LogP contribution is -2.38. The molecule has 0 amide bonds. The zero-order valence-corrected chi connectivity index (χ0v) is 10.2. The Kier molecular flexibility index (Phi) is 2.79. The predicted molar refractivity (Wildman–Crippen MR) is 65.2 cm³/mol. The summed E-state index contributed by atoms with van der Waals surface area (Å²) >= 11 is 6.31. The van der Waals surface area contributed by atoms with Crippen molar-refractivity contribution in [1.82, 2.24) is 0 Å². The summed E-state index contributed by atoms with van der Waals surface area (Å²) in [6.45, 7) is 2.85. The largest absolute Gasteiger partial charge is 0.497 e. The molecule has 0 spiro atoms. The van der Waals surface area contributed by atoms with Crippen LogP contribution in [0.3, 0.4) is 0 Å². The van der Waals surface area contributed by atoms with Gasteiger partial charge in [0.05, 0.1) is 23.5 Å². The first-order valence-electron chi connectivity index (χ1n) is 5.64. The van der Waals surface area contributed by atoms with E-state index in [0.717, 1.165) is 16.6 Å². The van der Waals surface area contributed by atoms with Gasteiger partial charge in [-0.1, -0.05) is 11.6 Å². The Morgan fingerprint density at radius 3 is 3.12 bits per heavy atom. The molecule has 0 aromatic heterocycles. The number of halogens is 1. The minimum atomic E-state index is -0.364. The van der Waals surface area contributed by atoms with Gasteiger partial charge in [-0.25, -0.2) is 0 Å². The van der Waals surface area contributed by atoms with Crippen molar-refractivity contribution in [2.24, 2.45) is 5.73 Å². The monoisotopic (exact) mass is 253 g/mol. The van der Waals surface area contributed by atoms with E-state index in [9.17, 15) is 0 Å². The molecule has 0 radical (unpaired) electrons. The van der Waals surface area contributed by atoms with Crippen molar-refractivity contribution in [3.8, 4) is 0 Å². The van der Waals surface area contributed by atoms with Gasteiger partial charge in [0.25, 0.3) is 0 Å². The van der Waals surface area contributed by atoms with E-state index in [1.165, 1.54) is 0 Å². The number of nitrogens with two attached hydrogens (primary N) is 1. The molecule has 4 nitrogen and oxygen atoms in total. The maximum Gasteiger partial charge on any atom is 0.495 e. The number of hydrogen-bond donors (Lipinski definition) is 1. The van der Waals surface area contributed by atoms with E-state index in [2.05, 4.69) is 0 Å². The summed E-state index contributed by atoms with van der Waals surface area (Å²) in [6, 6.07) is 0. The molecule has 2 atom stereocenters. The first-order chi connectivity index (χ1) is 8.22. The smallest absolute Gasteiger partial charge is 0.495 e. The summed E-state index contributed by atoms with van der Waals surface area (Å²) < 4.78 is 16.9. The highest BCUT2D eigenvalue weighted by atomic mass is 35.5. The van der Waals surface area contributed by atoms with Crippen molar-refractivity contribution in [2.75, 3.05) is 13.2 Å². The van der Waals surface area contributed by atoms with Crippen LogP contribution in [0, 0.1) is 0 Å². The minimum Gasteiger partial charge on any atom is -0.497 e. The average molecular weight is 253 g/mol. The van der Waals surface area contributed by atoms with Crippen molar-refractivity contribution in [1.29, 1.82) is 0 Å². The Morgan fingerprint density at radius 2 is 2.35 bits per heavy atom. The highest BCUT2D eigenvalue weighted by Crippen LogP contribution is 2.40. The lowest BCUT2D eigenvalue weighted by Gasteiger charge is -2.27. The molecule has 2 N–H and O–H groups in total. The van der Waals surface area contributed by atoms with Gasteiger partial charge in [0.1, 0.15) is 6.61 Å². The van der Waals surface area contributed by atoms with Crippen molar-refractivity contribution in [3.05, 3.63) is 34.0 Å². The SMILES string of the molecule is CC1OB2OC(CN)C(Cl)=C3C=COCC1=C23. The molecule has 0 saturated carbocycles. The second-order valence-electron chi connectivity index (χ2n) is 4.28. The Bertz CT molecular complexity index is 446. The van der Waals surface area contributed by atoms with Crippen LogP contribution in [0.1, 0.15) is 6.92 Å². The van der Waals surface area contributed by atoms with E-state index in [-0.39, 0.29) is 19.3 Å². The Labute approximate surface area is 105 Å². The Hall–Kier alpha value is -0.745. The predicted octanol–water partition coefficient (Wildman–Crippen LogP) is 1.12. The second kappa shape index (κ2) is 4.17. The molecule has 6 heteroatoms. The van der Waals surface area contributed by atoms with E-state index >= 15 is 0 Å². The van der Waals surface area contributed by atoms with Crippen LogP contribution in [0.25, 0.3) is 0 Å². The van der Waals surface area contributed by atoms with Crippen LogP contribution < -0.4 is 5.73 Å². The molecule has 0 bridgehead atoms. The Morgan fingerprint density at radius 1 is 1.53 bits per heavy atom. The molecular formula is C11H13BClNO3. The van der Waals surface area contributed by atoms with Gasteiger partial charge in [0.15, 0.2) is 0 Å². The lowest BCUT2D eigenvalue weighted by atomic mass is 9.70. The third-order valence-electron chi connectivity index (χ3n) is 3.30. The van der Waals surface area contributed by atoms with Gasteiger partial charge in [-0.2, -0.15) is 0 Å². The normalized spacial score (nSPS) is 31.6. The van der Waals surface area contributed by atoms with Gasteiger partial charge in [-0.3, -0.25) is 0 Å². The molecule has 0 saturated heterocycles. The van der Waals surface area contributed by atoms with Crippen molar-refractivity contribution >= 4 is 18.7 Å². The van der Waals surface area contributed by atoms with Crippen LogP contribution in [-0.2, 0) is 14.0 Å². The van der Waals surface area contributed by atoms with E-state index < -0.39 is 0 Å². The molecule has 3 heterocycles. The molecular weight excluding hydrogens is 240 g/mol. The Balaban J connectivity index is 2.14. The second-order valence-corrected chi connectivity index (χ2v) is 4.69. The zero-order chi connectivity index (χ0) is 12.0. The van der Waals surface area contributed by atoms with Gasteiger partial charge >= 0.3 is 7.12 Å². The van der Waals surface area contributed by atoms with Gasteiger partial charge in [-0.05, 0) is 29.6 Å². The van der Waals surface area contributed by atoms with Crippen LogP contribution in [-0.4, -0.2) is 32.5 Å². The van der Waals surface area contributed by atoms with Gasteiger partial charge < -0.3 is 19.8 Å². The number of rotatable bonds is 1. The van der Waals surface area contributed by atoms with Gasteiger partial charge in [0, 0.05) is 6.54 Å². The molecule has 0 aliphatic carbocycles. The molecule has 0 aromatic carbocycles. The summed E-state index contributed by atoms with van der Waals surface area (Å²) in [5, 5.41) is 0.635. The van der Waals surface area contributed by atoms with Crippen molar-refractivity contribution < 1.29 is 14.0 Å². The van der Waals surface area contributed by atoms with Gasteiger partial charge in [-0.15, -0.1) is 0 Å². The van der Waals surface area contributed by atoms with Crippen LogP contribution in [0.15, 0.2) is 34.0 Å². The molecule has 0 fully saturated rings. The van der Waals surface area contributed by atoms with Crippen LogP contribution in [0.5, 0.6) is 0 Å². The molecule has 2 unspecified atom stereocenters. The minimum absolute atomic E-state index is 0.00843. The lowest BCUT2D eigenvalue weighted by molar-refractivity contribution is 0.149. The third kappa shape index (κ3) is 1.65. The molecule has 17 heavy (non-hydrogen) atoms. The molecule has 90 valence electrons. The summed E-state index contributed by atoms with van der Waals surface area (Å²) in [5.41, 5.74) is 8.70. The van der Waals surface area contributed by atoms with E-state index in [1.807, 2.05) is 13.0 Å². The van der Waals surface area contributed by atoms with E-state index in [4.69, 9.17) is 31.4 Å². The number of hydrogen-bond acceptors (Lipinski definition) is 4. The highest BCUT2D eigenvalue weighted by molar-refractivity contribution is 6.58. The van der Waals surface area contributed by atoms with Crippen LogP contribution in [0.2, 0.25) is 0 Å². The molecule has 3 aliphatic heterocycles. The van der Waals surface area contributed by atoms with Crippen LogP contribution in [0.4, 0.5) is 0 Å². The number of ether oxygens (including phenoxy) is 1. The fraction of sp³-hybridized carbons (Fsp3) is 0.455. The third-order valence-corrected chi connectivity index (χ3v) is 3.75. The van der Waals surface area contributed by atoms with Crippen LogP contribution >= 0.6 is 11.6 Å². The molecule has 3 aliphatic rings. The highest BCUT2D eigenvalue weighted by Gasteiger charge is 2.45. The summed E-state index contributed by atoms with van der Waals surface area (Å²) in [6.07, 6.45) is 3.23. The van der Waals surface area contributed by atoms with E-state index in [0.29, 0.717) is 18.2 Å². The van der Waals surface area contributed by atoms with Gasteiger partial charge in [0.2, 0.25) is 0 Å². The summed E-state index contributed by atoms with van der Waals surface area (Å²) in [7, 11) is -0.364. The maximum absolute atomic E-state index is 6.31. The fourth-order valence-electron chi connectivity index (χ4n) is 2.39. The van der Waals surface area contributed by atoms with Crippen molar-refractivity contribution in [3.63, 3.8) is 0 Å². The average Bonchev–Trinajstić information content (AvgIpc) is 2.53. The molecule has 3 rings (SSSR count). The topological polar surface area (TPSA) is 53.7 Å². The molecule has 0 aromatic rings. The first kappa shape index (κ1) is 11.4. The quantitative estimate of drug-likeness (QED) is 0.712. The maximum atomic E-state index is 6.31. The number of allylic oxidation sites excluding steroid dienone is 3. The standard InChI is InChI=1S/C11H13BClNO3/c1-6-8-5-15-3-2-7-10(8)12(16-6)17-9(4-14)11(7)13/h2-3,6,9H,4-5,14H2,1H3. The zero-order valence-electron chi connectivity index (χ0n) is 9.48. The summed E-state index contributed by atoms with van der Waals surface area (Å²) in [5.74, 6) is 0. The fourth-order valence-corrected chi connectivity index (χ4v) is 2.70. The first-order valence-corrected chi connectivity index (χ1v) is 6.02. The van der Waals surface area contributed by atoms with E-state index in [1.54, 1.807) is 6.26 Å².